The van der Waals surface area contributed by atoms with Gasteiger partial charge in [-0.3, -0.25) is 10.00 Å². The highest BCUT2D eigenvalue weighted by Crippen LogP contribution is 2.40. The number of hydrogen-bond donors (Lipinski definition) is 3. The van der Waals surface area contributed by atoms with Crippen LogP contribution in [0.2, 0.25) is 0 Å². The number of hydrogen-bond acceptors (Lipinski definition) is 5. The van der Waals surface area contributed by atoms with Crippen molar-refractivity contribution in [3.8, 4) is 0 Å². The zero-order valence-electron chi connectivity index (χ0n) is 25.8. The number of nitrogens with zero attached hydrogens (tertiary/aromatic N) is 2. The van der Waals surface area contributed by atoms with Gasteiger partial charge in [0.05, 0.1) is 30.4 Å². The number of aromatic nitrogens is 3. The van der Waals surface area contributed by atoms with Crippen molar-refractivity contribution in [1.29, 1.82) is 0 Å². The molecule has 1 aromatic heterocycles. The molecule has 276 valence electrons. The molecule has 0 aliphatic carbocycles. The second kappa shape index (κ2) is 15.6. The number of carbonyl (C=O) groups is 1. The van der Waals surface area contributed by atoms with E-state index in [4.69, 9.17) is 14.6 Å². The average molecular weight is 741 g/mol. The summed E-state index contributed by atoms with van der Waals surface area (Å²) in [7, 11) is 0. The maximum Gasteiger partial charge on any atom is 0.490 e. The standard InChI is InChI=1S/C30H26F8N4O2.C2HF3O2/c31-22-5-1-18(2-6-22)27(19-3-7-23(32)8-4-19)24-14-42(15-26-39-28(43)41-40-26)10-9-25(24)44-16-17-11-20(29(33,34)35)13-21(12-17)30(36,37)38;3-2(4,5)1(6)7/h1-8,11-13,24-25,27H,9-10,14-16H2,(H2,39,40,41,43);(H,6,7)/t24-,25+;/m0./s1. The van der Waals surface area contributed by atoms with E-state index in [0.29, 0.717) is 42.0 Å². The van der Waals surface area contributed by atoms with Crippen molar-refractivity contribution in [2.24, 2.45) is 5.92 Å². The highest BCUT2D eigenvalue weighted by atomic mass is 19.4. The van der Waals surface area contributed by atoms with Crippen LogP contribution < -0.4 is 5.69 Å². The molecular weight excluding hydrogens is 713 g/mol. The van der Waals surface area contributed by atoms with Gasteiger partial charge in [-0.1, -0.05) is 24.3 Å². The number of piperidine rings is 1. The normalized spacial score (nSPS) is 17.3. The van der Waals surface area contributed by atoms with Crippen LogP contribution >= 0.6 is 0 Å². The largest absolute Gasteiger partial charge is 0.490 e. The van der Waals surface area contributed by atoms with Gasteiger partial charge in [-0.2, -0.15) is 44.5 Å². The number of carboxylic acid groups (broad SMARTS) is 1. The van der Waals surface area contributed by atoms with Crippen molar-refractivity contribution < 1.29 is 62.9 Å². The van der Waals surface area contributed by atoms with Gasteiger partial charge in [-0.15, -0.1) is 0 Å². The number of rotatable bonds is 8. The third-order valence-electron chi connectivity index (χ3n) is 7.84. The minimum Gasteiger partial charge on any atom is -0.475 e. The Morgan fingerprint density at radius 2 is 1.33 bits per heavy atom. The topological polar surface area (TPSA) is 111 Å². The van der Waals surface area contributed by atoms with Gasteiger partial charge in [-0.05, 0) is 65.6 Å². The molecule has 19 heteroatoms. The number of ether oxygens (including phenoxy) is 1. The molecule has 1 aliphatic rings. The van der Waals surface area contributed by atoms with Crippen LogP contribution in [0.15, 0.2) is 71.5 Å². The van der Waals surface area contributed by atoms with E-state index in [-0.39, 0.29) is 24.7 Å². The first-order chi connectivity index (χ1) is 23.7. The van der Waals surface area contributed by atoms with Crippen LogP contribution in [0.25, 0.3) is 0 Å². The van der Waals surface area contributed by atoms with Crippen molar-refractivity contribution in [3.05, 3.63) is 122 Å². The Morgan fingerprint density at radius 3 is 1.75 bits per heavy atom. The van der Waals surface area contributed by atoms with E-state index < -0.39 is 77.5 Å². The molecular formula is C32H27F11N4O4. The maximum atomic E-state index is 13.9. The first kappa shape index (κ1) is 39.0. The van der Waals surface area contributed by atoms with Crippen LogP contribution in [0, 0.1) is 17.6 Å². The quantitative estimate of drug-likeness (QED) is 0.164. The molecule has 0 radical (unpaired) electrons. The molecule has 0 amide bonds. The maximum absolute atomic E-state index is 13.9. The van der Waals surface area contributed by atoms with Gasteiger partial charge >= 0.3 is 30.2 Å². The molecule has 8 nitrogen and oxygen atoms in total. The Morgan fingerprint density at radius 1 is 0.843 bits per heavy atom. The van der Waals surface area contributed by atoms with E-state index in [1.807, 2.05) is 4.90 Å². The third kappa shape index (κ3) is 10.9. The summed E-state index contributed by atoms with van der Waals surface area (Å²) in [4.78, 5) is 26.2. The minimum absolute atomic E-state index is 0.0588. The highest BCUT2D eigenvalue weighted by molar-refractivity contribution is 5.73. The molecule has 1 fully saturated rings. The molecule has 3 N–H and O–H groups in total. The molecule has 0 spiro atoms. The fourth-order valence-corrected chi connectivity index (χ4v) is 5.63. The summed E-state index contributed by atoms with van der Waals surface area (Å²) in [5.74, 6) is -4.40. The number of likely N-dealkylation sites (tertiary alicyclic amines) is 1. The number of aliphatic carboxylic acids is 1. The number of halogens is 11. The van der Waals surface area contributed by atoms with Crippen LogP contribution in [0.4, 0.5) is 48.3 Å². The molecule has 0 saturated carbocycles. The van der Waals surface area contributed by atoms with E-state index in [0.717, 1.165) is 0 Å². The van der Waals surface area contributed by atoms with Crippen LogP contribution in [0.1, 0.15) is 46.0 Å². The van der Waals surface area contributed by atoms with E-state index in [1.54, 1.807) is 24.3 Å². The number of alkyl halides is 9. The summed E-state index contributed by atoms with van der Waals surface area (Å²) in [5.41, 5.74) is -2.47. The second-order valence-corrected chi connectivity index (χ2v) is 11.4. The summed E-state index contributed by atoms with van der Waals surface area (Å²) in [6.07, 6.45) is -15.5. The fourth-order valence-electron chi connectivity index (χ4n) is 5.63. The van der Waals surface area contributed by atoms with Crippen molar-refractivity contribution in [2.45, 2.75) is 50.1 Å². The van der Waals surface area contributed by atoms with Crippen LogP contribution in [0.5, 0.6) is 0 Å². The molecule has 0 bridgehead atoms. The minimum atomic E-state index is -5.08. The lowest BCUT2D eigenvalue weighted by atomic mass is 9.75. The van der Waals surface area contributed by atoms with E-state index in [1.165, 1.54) is 24.3 Å². The first-order valence-electron chi connectivity index (χ1n) is 14.8. The number of H-pyrrole nitrogens is 2. The number of nitrogens with one attached hydrogen (secondary N) is 2. The predicted molar refractivity (Wildman–Crippen MR) is 156 cm³/mol. The molecule has 4 aromatic rings. The Kier molecular flexibility index (Phi) is 12.0. The molecule has 5 rings (SSSR count). The van der Waals surface area contributed by atoms with Crippen molar-refractivity contribution in [1.82, 2.24) is 20.1 Å². The summed E-state index contributed by atoms with van der Waals surface area (Å²) < 4.78 is 146. The van der Waals surface area contributed by atoms with Gasteiger partial charge in [0.15, 0.2) is 0 Å². The summed E-state index contributed by atoms with van der Waals surface area (Å²) in [6.45, 7) is 0.367. The van der Waals surface area contributed by atoms with Crippen LogP contribution in [0.3, 0.4) is 0 Å². The Labute approximate surface area is 280 Å². The number of carboxylic acids is 1. The predicted octanol–water partition coefficient (Wildman–Crippen LogP) is 7.29. The van der Waals surface area contributed by atoms with Gasteiger partial charge in [0.2, 0.25) is 0 Å². The summed E-state index contributed by atoms with van der Waals surface area (Å²) in [6, 6.07) is 12.6. The molecule has 1 saturated heterocycles. The molecule has 1 aliphatic heterocycles. The Hall–Kier alpha value is -4.78. The van der Waals surface area contributed by atoms with Gasteiger partial charge < -0.3 is 9.84 Å². The fraction of sp³-hybridized carbons (Fsp3) is 0.344. The average Bonchev–Trinajstić information content (AvgIpc) is 3.45. The molecule has 51 heavy (non-hydrogen) atoms. The number of benzene rings is 3. The lowest BCUT2D eigenvalue weighted by Gasteiger charge is -2.42. The van der Waals surface area contributed by atoms with Gasteiger partial charge in [0, 0.05) is 24.9 Å². The SMILES string of the molecule is O=C(O)C(F)(F)F.O=c1nc(CN2CC[C@@H](OCc3cc(C(F)(F)F)cc(C(F)(F)F)c3)[C@@H](C(c3ccc(F)cc3)c3ccc(F)cc3)C2)[nH][nH]1. The van der Waals surface area contributed by atoms with Crippen molar-refractivity contribution in [3.63, 3.8) is 0 Å². The second-order valence-electron chi connectivity index (χ2n) is 11.4. The van der Waals surface area contributed by atoms with Crippen LogP contribution in [-0.4, -0.2) is 56.5 Å². The van der Waals surface area contributed by atoms with Crippen LogP contribution in [-0.2, 0) is 35.0 Å². The Balaban J connectivity index is 0.000000755. The number of aromatic amines is 2. The molecule has 2 heterocycles. The van der Waals surface area contributed by atoms with Gasteiger partial charge in [0.1, 0.15) is 17.5 Å². The smallest absolute Gasteiger partial charge is 0.475 e. The highest BCUT2D eigenvalue weighted by Gasteiger charge is 2.40. The van der Waals surface area contributed by atoms with E-state index >= 15 is 0 Å². The zero-order chi connectivity index (χ0) is 37.7. The van der Waals surface area contributed by atoms with Gasteiger partial charge in [-0.25, -0.2) is 23.5 Å². The van der Waals surface area contributed by atoms with E-state index in [9.17, 15) is 53.1 Å². The lowest BCUT2D eigenvalue weighted by molar-refractivity contribution is -0.192. The molecule has 2 atom stereocenters. The van der Waals surface area contributed by atoms with Crippen molar-refractivity contribution in [2.75, 3.05) is 13.1 Å². The first-order valence-corrected chi connectivity index (χ1v) is 14.8. The van der Waals surface area contributed by atoms with Crippen molar-refractivity contribution >= 4 is 5.97 Å². The monoisotopic (exact) mass is 740 g/mol. The summed E-state index contributed by atoms with van der Waals surface area (Å²) >= 11 is 0. The molecule has 0 unspecified atom stereocenters. The molecule has 3 aromatic carbocycles. The third-order valence-corrected chi connectivity index (χ3v) is 7.84. The summed E-state index contributed by atoms with van der Waals surface area (Å²) in [5, 5.41) is 12.2. The zero-order valence-corrected chi connectivity index (χ0v) is 25.8. The van der Waals surface area contributed by atoms with Gasteiger partial charge in [0.25, 0.3) is 0 Å². The van der Waals surface area contributed by atoms with E-state index in [2.05, 4.69) is 15.2 Å². The lowest BCUT2D eigenvalue weighted by Crippen LogP contribution is -2.46. The Bertz CT molecular complexity index is 1740.